The van der Waals surface area contributed by atoms with Crippen LogP contribution in [-0.4, -0.2) is 30.2 Å². The average Bonchev–Trinajstić information content (AvgIpc) is 2.68. The molecule has 2 aliphatic heterocycles. The summed E-state index contributed by atoms with van der Waals surface area (Å²) in [5, 5.41) is 15.8. The molecule has 4 atom stereocenters. The fraction of sp³-hybridized carbons (Fsp3) is 0.250. The van der Waals surface area contributed by atoms with Crippen LogP contribution in [0.2, 0.25) is 20.1 Å². The van der Waals surface area contributed by atoms with Gasteiger partial charge in [-0.3, -0.25) is 19.7 Å². The first-order chi connectivity index (χ1) is 15.2. The first-order valence-corrected chi connectivity index (χ1v) is 11.0. The molecule has 0 radical (unpaired) electrons. The van der Waals surface area contributed by atoms with E-state index in [4.69, 9.17) is 46.4 Å². The minimum absolute atomic E-state index is 0.141. The molecule has 8 nitrogen and oxygen atoms in total. The largest absolute Gasteiger partial charge is 0.352 e. The number of halogens is 4. The van der Waals surface area contributed by atoms with Gasteiger partial charge in [0.1, 0.15) is 0 Å². The maximum absolute atomic E-state index is 13.0. The van der Waals surface area contributed by atoms with Gasteiger partial charge >= 0.3 is 0 Å². The van der Waals surface area contributed by atoms with Crippen LogP contribution < -0.4 is 26.6 Å². The third-order valence-electron chi connectivity index (χ3n) is 5.15. The van der Waals surface area contributed by atoms with Gasteiger partial charge < -0.3 is 21.3 Å². The lowest BCUT2D eigenvalue weighted by molar-refractivity contribution is -0.144. The highest BCUT2D eigenvalue weighted by molar-refractivity contribution is 6.36. The summed E-state index contributed by atoms with van der Waals surface area (Å²) in [6, 6.07) is 9.46. The zero-order valence-corrected chi connectivity index (χ0v) is 19.2. The van der Waals surface area contributed by atoms with Crippen molar-refractivity contribution < 1.29 is 14.4 Å². The number of anilines is 2. The molecule has 0 aliphatic carbocycles. The standard InChI is InChI=1S/C20H17Cl4N5O3/c21-8-1-2-14(13(24)6-8)26-20-28-17-16(19(32)29-20)12(7-15(30)27-17)18(31)25-11-4-9(22)3-10(23)5-11/h1-6,12,16-17,20,26,28H,7H2,(H,25,31)(H,27,30)(H,29,32). The van der Waals surface area contributed by atoms with Crippen molar-refractivity contribution in [3.63, 3.8) is 0 Å². The van der Waals surface area contributed by atoms with Crippen molar-refractivity contribution in [3.8, 4) is 0 Å². The van der Waals surface area contributed by atoms with Crippen LogP contribution in [0.4, 0.5) is 11.4 Å². The van der Waals surface area contributed by atoms with E-state index in [1.54, 1.807) is 18.2 Å². The molecule has 4 rings (SSSR count). The molecule has 2 fully saturated rings. The Hall–Kier alpha value is -2.23. The van der Waals surface area contributed by atoms with Crippen LogP contribution in [-0.2, 0) is 14.4 Å². The normalized spacial score (nSPS) is 24.8. The summed E-state index contributed by atoms with van der Waals surface area (Å²) in [6.45, 7) is 0. The van der Waals surface area contributed by atoms with Crippen molar-refractivity contribution in [1.82, 2.24) is 16.0 Å². The number of fused-ring (bicyclic) bond motifs is 1. The molecule has 32 heavy (non-hydrogen) atoms. The zero-order valence-electron chi connectivity index (χ0n) is 16.2. The van der Waals surface area contributed by atoms with Crippen molar-refractivity contribution in [1.29, 1.82) is 0 Å². The highest BCUT2D eigenvalue weighted by atomic mass is 35.5. The molecule has 2 saturated heterocycles. The third kappa shape index (κ3) is 5.05. The number of carbonyl (C=O) groups is 3. The number of hydrogen-bond donors (Lipinski definition) is 5. The van der Waals surface area contributed by atoms with Crippen molar-refractivity contribution in [2.45, 2.75) is 18.9 Å². The van der Waals surface area contributed by atoms with Crippen LogP contribution in [0.3, 0.4) is 0 Å². The fourth-order valence-corrected chi connectivity index (χ4v) is 4.77. The van der Waals surface area contributed by atoms with E-state index in [1.807, 2.05) is 0 Å². The lowest BCUT2D eigenvalue weighted by atomic mass is 9.81. The molecule has 3 amide bonds. The summed E-state index contributed by atoms with van der Waals surface area (Å²) in [5.74, 6) is -2.99. The maximum Gasteiger partial charge on any atom is 0.229 e. The van der Waals surface area contributed by atoms with Crippen molar-refractivity contribution >= 4 is 75.5 Å². The smallest absolute Gasteiger partial charge is 0.229 e. The van der Waals surface area contributed by atoms with Crippen LogP contribution in [0.1, 0.15) is 6.42 Å². The van der Waals surface area contributed by atoms with Gasteiger partial charge in [0, 0.05) is 27.2 Å². The Morgan fingerprint density at radius 3 is 2.34 bits per heavy atom. The number of amides is 3. The van der Waals surface area contributed by atoms with Gasteiger partial charge in [-0.2, -0.15) is 0 Å². The molecule has 4 unspecified atom stereocenters. The lowest BCUT2D eigenvalue weighted by Crippen LogP contribution is -2.72. The van der Waals surface area contributed by atoms with Crippen LogP contribution in [0, 0.1) is 11.8 Å². The molecule has 2 heterocycles. The van der Waals surface area contributed by atoms with E-state index in [1.165, 1.54) is 18.2 Å². The monoisotopic (exact) mass is 515 g/mol. The highest BCUT2D eigenvalue weighted by Crippen LogP contribution is 2.30. The highest BCUT2D eigenvalue weighted by Gasteiger charge is 2.48. The summed E-state index contributed by atoms with van der Waals surface area (Å²) in [4.78, 5) is 38.2. The number of nitrogens with one attached hydrogen (secondary N) is 5. The van der Waals surface area contributed by atoms with E-state index >= 15 is 0 Å². The second kappa shape index (κ2) is 9.33. The Balaban J connectivity index is 1.50. The Labute approximate surface area is 203 Å². The van der Waals surface area contributed by atoms with E-state index in [0.717, 1.165) is 0 Å². The molecule has 2 aromatic rings. The molecule has 2 aliphatic rings. The first kappa shape index (κ1) is 22.9. The van der Waals surface area contributed by atoms with E-state index in [9.17, 15) is 14.4 Å². The van der Waals surface area contributed by atoms with E-state index in [-0.39, 0.29) is 12.3 Å². The minimum atomic E-state index is -0.904. The quantitative estimate of drug-likeness (QED) is 0.427. The predicted molar refractivity (Wildman–Crippen MR) is 124 cm³/mol. The molecule has 0 spiro atoms. The molecular formula is C20H17Cl4N5O3. The maximum atomic E-state index is 13.0. The van der Waals surface area contributed by atoms with Gasteiger partial charge in [0.05, 0.1) is 28.7 Å². The zero-order chi connectivity index (χ0) is 23.0. The van der Waals surface area contributed by atoms with E-state index < -0.39 is 36.1 Å². The molecule has 0 aromatic heterocycles. The minimum Gasteiger partial charge on any atom is -0.352 e. The third-order valence-corrected chi connectivity index (χ3v) is 6.13. The summed E-state index contributed by atoms with van der Waals surface area (Å²) in [5.41, 5.74) is 0.901. The SMILES string of the molecule is O=C1CC(C(=O)Nc2cc(Cl)cc(Cl)c2)C2C(=O)NC(Nc3ccc(Cl)cc3Cl)NC2N1. The van der Waals surface area contributed by atoms with E-state index in [0.29, 0.717) is 31.5 Å². The molecule has 168 valence electrons. The van der Waals surface area contributed by atoms with Gasteiger partial charge in [-0.1, -0.05) is 46.4 Å². The summed E-state index contributed by atoms with van der Waals surface area (Å²) in [7, 11) is 0. The molecule has 5 N–H and O–H groups in total. The molecule has 12 heteroatoms. The van der Waals surface area contributed by atoms with Crippen LogP contribution >= 0.6 is 46.4 Å². The lowest BCUT2D eigenvalue weighted by Gasteiger charge is -2.43. The Morgan fingerprint density at radius 1 is 0.938 bits per heavy atom. The fourth-order valence-electron chi connectivity index (χ4n) is 3.78. The Morgan fingerprint density at radius 2 is 1.66 bits per heavy atom. The van der Waals surface area contributed by atoms with Gasteiger partial charge in [-0.15, -0.1) is 0 Å². The van der Waals surface area contributed by atoms with Gasteiger partial charge in [0.25, 0.3) is 0 Å². The summed E-state index contributed by atoms with van der Waals surface area (Å²) in [6.07, 6.45) is -1.65. The number of carbonyl (C=O) groups excluding carboxylic acids is 3. The predicted octanol–water partition coefficient (Wildman–Crippen LogP) is 3.43. The first-order valence-electron chi connectivity index (χ1n) is 9.54. The number of hydrogen-bond acceptors (Lipinski definition) is 5. The van der Waals surface area contributed by atoms with E-state index in [2.05, 4.69) is 26.6 Å². The second-order valence-corrected chi connectivity index (χ2v) is 9.12. The van der Waals surface area contributed by atoms with Crippen LogP contribution in [0.25, 0.3) is 0 Å². The molecule has 2 aromatic carbocycles. The van der Waals surface area contributed by atoms with Crippen molar-refractivity contribution in [3.05, 3.63) is 56.5 Å². The van der Waals surface area contributed by atoms with Gasteiger partial charge in [-0.25, -0.2) is 0 Å². The van der Waals surface area contributed by atoms with Crippen LogP contribution in [0.5, 0.6) is 0 Å². The number of benzene rings is 2. The number of rotatable bonds is 4. The van der Waals surface area contributed by atoms with Gasteiger partial charge in [0.15, 0.2) is 6.29 Å². The van der Waals surface area contributed by atoms with Crippen molar-refractivity contribution in [2.24, 2.45) is 11.8 Å². The van der Waals surface area contributed by atoms with Crippen molar-refractivity contribution in [2.75, 3.05) is 10.6 Å². The summed E-state index contributed by atoms with van der Waals surface area (Å²) >= 11 is 24.1. The summed E-state index contributed by atoms with van der Waals surface area (Å²) < 4.78 is 0. The molecule has 0 bridgehead atoms. The number of piperidine rings is 1. The Bertz CT molecular complexity index is 1080. The molecular weight excluding hydrogens is 500 g/mol. The molecule has 0 saturated carbocycles. The van der Waals surface area contributed by atoms with Crippen LogP contribution in [0.15, 0.2) is 36.4 Å². The average molecular weight is 517 g/mol. The van der Waals surface area contributed by atoms with Gasteiger partial charge in [-0.05, 0) is 36.4 Å². The second-order valence-electron chi connectivity index (χ2n) is 7.41. The topological polar surface area (TPSA) is 111 Å². The van der Waals surface area contributed by atoms with Gasteiger partial charge in [0.2, 0.25) is 17.7 Å². The Kier molecular flexibility index (Phi) is 6.69.